The van der Waals surface area contributed by atoms with Gasteiger partial charge in [-0.2, -0.15) is 0 Å². The molecule has 2 heterocycles. The van der Waals surface area contributed by atoms with E-state index in [0.717, 1.165) is 28.1 Å². The molecule has 0 aliphatic heterocycles. The van der Waals surface area contributed by atoms with Crippen LogP contribution in [-0.2, 0) is 17.8 Å². The van der Waals surface area contributed by atoms with Gasteiger partial charge in [0.15, 0.2) is 5.69 Å². The predicted molar refractivity (Wildman–Crippen MR) is 93.5 cm³/mol. The minimum absolute atomic E-state index is 0.0140. The van der Waals surface area contributed by atoms with E-state index in [1.807, 2.05) is 24.3 Å². The number of hydrogen-bond acceptors (Lipinski definition) is 6. The summed E-state index contributed by atoms with van der Waals surface area (Å²) in [6.07, 6.45) is 1.91. The average molecular weight is 361 g/mol. The lowest BCUT2D eigenvalue weighted by Crippen LogP contribution is -2.22. The third-order valence-electron chi connectivity index (χ3n) is 3.34. The van der Waals surface area contributed by atoms with Gasteiger partial charge < -0.3 is 10.4 Å². The Balaban J connectivity index is 1.42. The average Bonchev–Trinajstić information content (AvgIpc) is 3.19. The smallest absolute Gasteiger partial charge is 0.355 e. The number of carbonyl (C=O) groups is 2. The molecule has 3 rings (SSSR count). The highest BCUT2D eigenvalue weighted by Crippen LogP contribution is 2.22. The van der Waals surface area contributed by atoms with Crippen LogP contribution in [-0.4, -0.2) is 27.0 Å². The fourth-order valence-corrected chi connectivity index (χ4v) is 3.90. The summed E-state index contributed by atoms with van der Waals surface area (Å²) < 4.78 is 1.16. The van der Waals surface area contributed by atoms with Gasteiger partial charge in [-0.05, 0) is 25.0 Å². The lowest BCUT2D eigenvalue weighted by atomic mass is 10.2. The van der Waals surface area contributed by atoms with Crippen molar-refractivity contribution in [2.45, 2.75) is 25.8 Å². The summed E-state index contributed by atoms with van der Waals surface area (Å²) in [7, 11) is 0. The van der Waals surface area contributed by atoms with Gasteiger partial charge in [0.25, 0.3) is 0 Å². The molecule has 0 bridgehead atoms. The Morgan fingerprint density at radius 1 is 1.17 bits per heavy atom. The molecule has 6 nitrogen and oxygen atoms in total. The van der Waals surface area contributed by atoms with Crippen molar-refractivity contribution < 1.29 is 14.7 Å². The molecule has 0 radical (unpaired) electrons. The summed E-state index contributed by atoms with van der Waals surface area (Å²) in [5.74, 6) is -1.12. The Morgan fingerprint density at radius 3 is 2.75 bits per heavy atom. The number of benzene rings is 1. The van der Waals surface area contributed by atoms with E-state index in [0.29, 0.717) is 11.4 Å². The Bertz CT molecular complexity index is 839. The molecule has 124 valence electrons. The number of nitrogens with zero attached hydrogens (tertiary/aromatic N) is 2. The zero-order valence-electron chi connectivity index (χ0n) is 12.7. The zero-order valence-corrected chi connectivity index (χ0v) is 14.3. The van der Waals surface area contributed by atoms with Crippen molar-refractivity contribution in [3.8, 4) is 0 Å². The van der Waals surface area contributed by atoms with E-state index in [9.17, 15) is 9.59 Å². The quantitative estimate of drug-likeness (QED) is 0.675. The van der Waals surface area contributed by atoms with Crippen LogP contribution in [0.15, 0.2) is 29.6 Å². The van der Waals surface area contributed by atoms with Gasteiger partial charge in [0.05, 0.1) is 21.8 Å². The Kier molecular flexibility index (Phi) is 5.17. The number of aryl methyl sites for hydroxylation is 1. The maximum atomic E-state index is 11.9. The van der Waals surface area contributed by atoms with Crippen LogP contribution < -0.4 is 5.32 Å². The second-order valence-electron chi connectivity index (χ2n) is 5.14. The molecule has 0 atom stereocenters. The van der Waals surface area contributed by atoms with Gasteiger partial charge in [0, 0.05) is 11.8 Å². The molecule has 3 aromatic rings. The molecular weight excluding hydrogens is 346 g/mol. The summed E-state index contributed by atoms with van der Waals surface area (Å²) in [6, 6.07) is 7.99. The first kappa shape index (κ1) is 16.5. The van der Waals surface area contributed by atoms with Crippen LogP contribution >= 0.6 is 22.7 Å². The first-order chi connectivity index (χ1) is 11.6. The van der Waals surface area contributed by atoms with Gasteiger partial charge in [0.1, 0.15) is 5.01 Å². The van der Waals surface area contributed by atoms with Gasteiger partial charge in [-0.25, -0.2) is 14.8 Å². The molecule has 0 fully saturated rings. The van der Waals surface area contributed by atoms with Crippen molar-refractivity contribution in [3.63, 3.8) is 0 Å². The van der Waals surface area contributed by atoms with Gasteiger partial charge in [-0.1, -0.05) is 12.1 Å². The Labute approximate surface area is 146 Å². The SMILES string of the molecule is O=C(CCCc1nc2ccccc2s1)NCc1nc(C(=O)O)cs1. The largest absolute Gasteiger partial charge is 0.476 e. The molecule has 0 saturated heterocycles. The number of fused-ring (bicyclic) bond motifs is 1. The molecule has 24 heavy (non-hydrogen) atoms. The van der Waals surface area contributed by atoms with E-state index in [2.05, 4.69) is 15.3 Å². The standard InChI is InChI=1S/C16H15N3O3S2/c20-13(17-8-15-19-11(9-23-15)16(21)22)6-3-7-14-18-10-4-1-2-5-12(10)24-14/h1-2,4-5,9H,3,6-8H2,(H,17,20)(H,21,22). The Hall–Kier alpha value is -2.32. The van der Waals surface area contributed by atoms with Crippen LogP contribution in [0.3, 0.4) is 0 Å². The number of thiazole rings is 2. The molecule has 2 N–H and O–H groups in total. The number of amides is 1. The van der Waals surface area contributed by atoms with Gasteiger partial charge in [-0.15, -0.1) is 22.7 Å². The van der Waals surface area contributed by atoms with Crippen LogP contribution in [0.5, 0.6) is 0 Å². The predicted octanol–water partition coefficient (Wildman–Crippen LogP) is 3.09. The molecule has 0 aliphatic rings. The van der Waals surface area contributed by atoms with E-state index in [4.69, 9.17) is 5.11 Å². The molecule has 8 heteroatoms. The molecule has 0 aliphatic carbocycles. The van der Waals surface area contributed by atoms with Crippen LogP contribution in [0.1, 0.15) is 33.3 Å². The molecular formula is C16H15N3O3S2. The lowest BCUT2D eigenvalue weighted by molar-refractivity contribution is -0.121. The molecule has 1 amide bonds. The van der Waals surface area contributed by atoms with Crippen molar-refractivity contribution >= 4 is 44.8 Å². The fraction of sp³-hybridized carbons (Fsp3) is 0.250. The second-order valence-corrected chi connectivity index (χ2v) is 7.20. The van der Waals surface area contributed by atoms with Crippen LogP contribution in [0, 0.1) is 0 Å². The summed E-state index contributed by atoms with van der Waals surface area (Å²) in [5.41, 5.74) is 1.01. The van der Waals surface area contributed by atoms with Crippen LogP contribution in [0.2, 0.25) is 0 Å². The number of para-hydroxylation sites is 1. The van der Waals surface area contributed by atoms with Crippen molar-refractivity contribution in [2.75, 3.05) is 0 Å². The van der Waals surface area contributed by atoms with E-state index >= 15 is 0 Å². The zero-order chi connectivity index (χ0) is 16.9. The van der Waals surface area contributed by atoms with Crippen LogP contribution in [0.25, 0.3) is 10.2 Å². The summed E-state index contributed by atoms with van der Waals surface area (Å²) in [6.45, 7) is 0.262. The number of rotatable bonds is 7. The normalized spacial score (nSPS) is 10.8. The molecule has 2 aromatic heterocycles. The van der Waals surface area contributed by atoms with E-state index in [1.54, 1.807) is 11.3 Å². The number of carbonyl (C=O) groups excluding carboxylic acids is 1. The van der Waals surface area contributed by atoms with Crippen molar-refractivity contribution in [1.82, 2.24) is 15.3 Å². The molecule has 0 spiro atoms. The highest BCUT2D eigenvalue weighted by atomic mass is 32.1. The van der Waals surface area contributed by atoms with Crippen LogP contribution in [0.4, 0.5) is 0 Å². The first-order valence-corrected chi connectivity index (χ1v) is 9.10. The van der Waals surface area contributed by atoms with Crippen molar-refractivity contribution in [3.05, 3.63) is 45.4 Å². The van der Waals surface area contributed by atoms with Crippen molar-refractivity contribution in [2.24, 2.45) is 0 Å². The van der Waals surface area contributed by atoms with Gasteiger partial charge in [0.2, 0.25) is 5.91 Å². The fourth-order valence-electron chi connectivity index (χ4n) is 2.18. The lowest BCUT2D eigenvalue weighted by Gasteiger charge is -2.02. The third-order valence-corrected chi connectivity index (χ3v) is 5.29. The highest BCUT2D eigenvalue weighted by molar-refractivity contribution is 7.18. The minimum atomic E-state index is -1.06. The minimum Gasteiger partial charge on any atom is -0.476 e. The summed E-state index contributed by atoms with van der Waals surface area (Å²) in [5, 5.41) is 14.7. The highest BCUT2D eigenvalue weighted by Gasteiger charge is 2.10. The molecule has 0 unspecified atom stereocenters. The topological polar surface area (TPSA) is 92.2 Å². The maximum Gasteiger partial charge on any atom is 0.355 e. The van der Waals surface area contributed by atoms with E-state index < -0.39 is 5.97 Å². The molecule has 1 aromatic carbocycles. The van der Waals surface area contributed by atoms with E-state index in [-0.39, 0.29) is 18.1 Å². The number of nitrogens with one attached hydrogen (secondary N) is 1. The Morgan fingerprint density at radius 2 is 2.00 bits per heavy atom. The summed E-state index contributed by atoms with van der Waals surface area (Å²) >= 11 is 2.89. The summed E-state index contributed by atoms with van der Waals surface area (Å²) in [4.78, 5) is 31.1. The number of carboxylic acid groups (broad SMARTS) is 1. The van der Waals surface area contributed by atoms with Gasteiger partial charge in [-0.3, -0.25) is 4.79 Å². The number of hydrogen-bond donors (Lipinski definition) is 2. The number of aromatic nitrogens is 2. The van der Waals surface area contributed by atoms with Crippen molar-refractivity contribution in [1.29, 1.82) is 0 Å². The monoisotopic (exact) mass is 361 g/mol. The maximum absolute atomic E-state index is 11.9. The first-order valence-electron chi connectivity index (χ1n) is 7.40. The van der Waals surface area contributed by atoms with E-state index in [1.165, 1.54) is 16.7 Å². The third kappa shape index (κ3) is 4.15. The second kappa shape index (κ2) is 7.50. The number of carboxylic acids is 1. The number of aromatic carboxylic acids is 1. The molecule has 0 saturated carbocycles. The van der Waals surface area contributed by atoms with Gasteiger partial charge >= 0.3 is 5.97 Å².